The van der Waals surface area contributed by atoms with Crippen LogP contribution in [0.15, 0.2) is 47.1 Å². The minimum Gasteiger partial charge on any atom is -0.466 e. The number of β-amino-alcohol motifs (C(OH)–C–C–N with tert-alkyl or cyclic N) is 1. The fourth-order valence-corrected chi connectivity index (χ4v) is 2.97. The summed E-state index contributed by atoms with van der Waals surface area (Å²) in [6.45, 7) is 1.57. The second-order valence-corrected chi connectivity index (χ2v) is 6.62. The number of carbonyl (C=O) groups is 2. The summed E-state index contributed by atoms with van der Waals surface area (Å²) in [5.74, 6) is -0.148. The highest BCUT2D eigenvalue weighted by molar-refractivity contribution is 6.31. The molecule has 1 saturated heterocycles. The summed E-state index contributed by atoms with van der Waals surface area (Å²) in [5, 5.41) is 13.3. The van der Waals surface area contributed by atoms with Crippen LogP contribution in [0.25, 0.3) is 0 Å². The van der Waals surface area contributed by atoms with Crippen molar-refractivity contribution in [3.05, 3.63) is 59.0 Å². The van der Waals surface area contributed by atoms with Crippen molar-refractivity contribution < 1.29 is 23.8 Å². The van der Waals surface area contributed by atoms with E-state index in [-0.39, 0.29) is 19.8 Å². The van der Waals surface area contributed by atoms with Crippen LogP contribution in [-0.4, -0.2) is 41.2 Å². The maximum atomic E-state index is 12.6. The summed E-state index contributed by atoms with van der Waals surface area (Å²) >= 11 is 6.04. The van der Waals surface area contributed by atoms with Gasteiger partial charge in [-0.25, -0.2) is 4.79 Å². The van der Waals surface area contributed by atoms with Crippen molar-refractivity contribution in [2.45, 2.75) is 25.2 Å². The van der Waals surface area contributed by atoms with E-state index in [1.165, 1.54) is 6.26 Å². The summed E-state index contributed by atoms with van der Waals surface area (Å²) in [7, 11) is 0. The number of carbonyl (C=O) groups excluding carboxylic acids is 2. The van der Waals surface area contributed by atoms with Crippen LogP contribution in [-0.2, 0) is 21.7 Å². The first-order valence-electron chi connectivity index (χ1n) is 8.09. The van der Waals surface area contributed by atoms with Crippen LogP contribution < -0.4 is 5.32 Å². The topological polar surface area (TPSA) is 92.0 Å². The summed E-state index contributed by atoms with van der Waals surface area (Å²) in [5.41, 5.74) is -0.486. The summed E-state index contributed by atoms with van der Waals surface area (Å²) in [4.78, 5) is 25.7. The predicted molar refractivity (Wildman–Crippen MR) is 93.4 cm³/mol. The molecule has 2 atom stereocenters. The van der Waals surface area contributed by atoms with E-state index < -0.39 is 23.6 Å². The van der Waals surface area contributed by atoms with Gasteiger partial charge in [0, 0.05) is 5.02 Å². The van der Waals surface area contributed by atoms with Gasteiger partial charge < -0.3 is 19.6 Å². The third-order valence-electron chi connectivity index (χ3n) is 4.21. The summed E-state index contributed by atoms with van der Waals surface area (Å²) in [6, 6.07) is 9.89. The van der Waals surface area contributed by atoms with E-state index in [1.807, 2.05) is 18.2 Å². The lowest BCUT2D eigenvalue weighted by Gasteiger charge is -2.20. The lowest BCUT2D eigenvalue weighted by molar-refractivity contribution is -0.133. The zero-order valence-electron chi connectivity index (χ0n) is 14.1. The second-order valence-electron chi connectivity index (χ2n) is 6.21. The molecule has 26 heavy (non-hydrogen) atoms. The number of nitrogens with one attached hydrogen (secondary N) is 1. The molecule has 2 unspecified atom stereocenters. The van der Waals surface area contributed by atoms with Gasteiger partial charge in [0.05, 0.1) is 32.1 Å². The number of hydrogen-bond donors (Lipinski definition) is 2. The van der Waals surface area contributed by atoms with Crippen molar-refractivity contribution in [3.63, 3.8) is 0 Å². The van der Waals surface area contributed by atoms with Crippen LogP contribution in [0.2, 0.25) is 5.02 Å². The highest BCUT2D eigenvalue weighted by atomic mass is 35.5. The molecule has 1 aliphatic heterocycles. The first kappa shape index (κ1) is 18.4. The van der Waals surface area contributed by atoms with E-state index in [0.717, 1.165) is 10.5 Å². The average Bonchev–Trinajstić information content (AvgIpc) is 3.21. The molecule has 0 radical (unpaired) electrons. The maximum absolute atomic E-state index is 12.6. The monoisotopic (exact) mass is 378 g/mol. The van der Waals surface area contributed by atoms with Gasteiger partial charge in [0.2, 0.25) is 0 Å². The molecule has 0 saturated carbocycles. The fourth-order valence-electron chi connectivity index (χ4n) is 2.78. The van der Waals surface area contributed by atoms with Crippen molar-refractivity contribution in [2.24, 2.45) is 0 Å². The van der Waals surface area contributed by atoms with E-state index >= 15 is 0 Å². The second kappa shape index (κ2) is 7.49. The fraction of sp³-hybridized carbons (Fsp3) is 0.333. The smallest absolute Gasteiger partial charge is 0.325 e. The minimum absolute atomic E-state index is 0.0419. The first-order chi connectivity index (χ1) is 12.4. The Balaban J connectivity index is 1.56. The minimum atomic E-state index is -1.28. The molecule has 3 rings (SSSR count). The average molecular weight is 379 g/mol. The molecule has 1 aliphatic rings. The van der Waals surface area contributed by atoms with E-state index in [4.69, 9.17) is 20.8 Å². The molecule has 138 valence electrons. The highest BCUT2D eigenvalue weighted by Crippen LogP contribution is 2.29. The molecule has 0 aliphatic carbocycles. The Labute approximate surface area is 155 Å². The van der Waals surface area contributed by atoms with E-state index in [9.17, 15) is 14.7 Å². The number of furan rings is 1. The number of imide groups is 1. The molecule has 3 amide bonds. The van der Waals surface area contributed by atoms with E-state index in [0.29, 0.717) is 10.8 Å². The molecule has 0 bridgehead atoms. The van der Waals surface area contributed by atoms with Crippen molar-refractivity contribution in [1.29, 1.82) is 0 Å². The van der Waals surface area contributed by atoms with Gasteiger partial charge in [0.1, 0.15) is 5.76 Å². The van der Waals surface area contributed by atoms with Crippen LogP contribution in [0.1, 0.15) is 18.2 Å². The molecule has 1 fully saturated rings. The lowest BCUT2D eigenvalue weighted by Crippen LogP contribution is -2.42. The van der Waals surface area contributed by atoms with Gasteiger partial charge in [-0.05, 0) is 30.7 Å². The van der Waals surface area contributed by atoms with Crippen LogP contribution in [0, 0.1) is 0 Å². The molecule has 2 aromatic rings. The van der Waals surface area contributed by atoms with Crippen LogP contribution >= 0.6 is 11.6 Å². The number of ether oxygens (including phenoxy) is 1. The Bertz CT molecular complexity index is 795. The third-order valence-corrected chi connectivity index (χ3v) is 4.58. The van der Waals surface area contributed by atoms with Crippen LogP contribution in [0.3, 0.4) is 0 Å². The number of aliphatic hydroxyl groups is 1. The number of hydrogen-bond acceptors (Lipinski definition) is 5. The maximum Gasteiger partial charge on any atom is 0.325 e. The largest absolute Gasteiger partial charge is 0.466 e. The van der Waals surface area contributed by atoms with Crippen molar-refractivity contribution in [1.82, 2.24) is 10.2 Å². The van der Waals surface area contributed by atoms with Gasteiger partial charge in [-0.2, -0.15) is 0 Å². The Morgan fingerprint density at radius 3 is 2.77 bits per heavy atom. The molecule has 7 nitrogen and oxygen atoms in total. The molecular weight excluding hydrogens is 360 g/mol. The molecule has 8 heteroatoms. The Morgan fingerprint density at radius 2 is 2.08 bits per heavy atom. The number of amides is 3. The highest BCUT2D eigenvalue weighted by Gasteiger charge is 2.51. The number of rotatable bonds is 7. The van der Waals surface area contributed by atoms with Crippen molar-refractivity contribution in [3.8, 4) is 0 Å². The number of aliphatic hydroxyl groups excluding tert-OH is 1. The van der Waals surface area contributed by atoms with Crippen LogP contribution in [0.5, 0.6) is 0 Å². The number of urea groups is 1. The van der Waals surface area contributed by atoms with Crippen molar-refractivity contribution >= 4 is 23.5 Å². The molecule has 2 N–H and O–H groups in total. The zero-order valence-corrected chi connectivity index (χ0v) is 14.9. The first-order valence-corrected chi connectivity index (χ1v) is 8.47. The van der Waals surface area contributed by atoms with Gasteiger partial charge in [-0.15, -0.1) is 0 Å². The normalized spacial score (nSPS) is 21.1. The van der Waals surface area contributed by atoms with E-state index in [2.05, 4.69) is 5.32 Å². The molecular formula is C18H19ClN2O5. The van der Waals surface area contributed by atoms with Gasteiger partial charge in [0.15, 0.2) is 5.54 Å². The summed E-state index contributed by atoms with van der Waals surface area (Å²) < 4.78 is 10.7. The summed E-state index contributed by atoms with van der Waals surface area (Å²) in [6.07, 6.45) is 0.409. The number of nitrogens with zero attached hydrogens (tertiary/aromatic N) is 1. The standard InChI is InChI=1S/C18H19ClN2O5/c1-18(15-7-4-8-26-15)16(23)21(17(24)20-18)9-13(22)11-25-10-12-5-2-3-6-14(12)19/h2-8,13,22H,9-11H2,1H3,(H,20,24). The van der Waals surface area contributed by atoms with Crippen molar-refractivity contribution in [2.75, 3.05) is 13.2 Å². The van der Waals surface area contributed by atoms with Gasteiger partial charge in [-0.1, -0.05) is 29.8 Å². The lowest BCUT2D eigenvalue weighted by atomic mass is 9.99. The van der Waals surface area contributed by atoms with Crippen LogP contribution in [0.4, 0.5) is 4.79 Å². The molecule has 1 aromatic heterocycles. The van der Waals surface area contributed by atoms with E-state index in [1.54, 1.807) is 25.1 Å². The Hall–Kier alpha value is -2.35. The molecule has 2 heterocycles. The predicted octanol–water partition coefficient (Wildman–Crippen LogP) is 2.28. The van der Waals surface area contributed by atoms with Gasteiger partial charge >= 0.3 is 6.03 Å². The zero-order chi connectivity index (χ0) is 18.7. The Morgan fingerprint density at radius 1 is 1.31 bits per heavy atom. The van der Waals surface area contributed by atoms with Gasteiger partial charge in [0.25, 0.3) is 5.91 Å². The molecule has 1 aromatic carbocycles. The molecule has 0 spiro atoms. The quantitative estimate of drug-likeness (QED) is 0.721. The SMILES string of the molecule is CC1(c2ccco2)NC(=O)N(CC(O)COCc2ccccc2Cl)C1=O. The van der Waals surface area contributed by atoms with Gasteiger partial charge in [-0.3, -0.25) is 9.69 Å². The number of benzene rings is 1. The Kier molecular flexibility index (Phi) is 5.31. The number of halogens is 1. The third kappa shape index (κ3) is 3.60.